The largest absolute Gasteiger partial charge is 0.618 e. The molecule has 3 aromatic carbocycles. The Morgan fingerprint density at radius 2 is 2.08 bits per heavy atom. The number of H-pyrrole nitrogens is 1. The van der Waals surface area contributed by atoms with E-state index < -0.39 is 5.41 Å². The fourth-order valence-corrected chi connectivity index (χ4v) is 5.76. The first-order chi connectivity index (χ1) is 18.5. The van der Waals surface area contributed by atoms with Crippen LogP contribution >= 0.6 is 0 Å². The van der Waals surface area contributed by atoms with Crippen LogP contribution in [0.25, 0.3) is 21.8 Å². The van der Waals surface area contributed by atoms with Gasteiger partial charge in [0.25, 0.3) is 0 Å². The number of benzene rings is 3. The maximum absolute atomic E-state index is 13.1. The molecular weight excluding hydrogens is 482 g/mol. The molecule has 0 radical (unpaired) electrons. The van der Waals surface area contributed by atoms with Gasteiger partial charge in [-0.1, -0.05) is 6.07 Å². The van der Waals surface area contributed by atoms with E-state index in [1.807, 2.05) is 43.3 Å². The second kappa shape index (κ2) is 8.11. The third-order valence-electron chi connectivity index (χ3n) is 7.73. The van der Waals surface area contributed by atoms with Crippen molar-refractivity contribution in [3.63, 3.8) is 0 Å². The summed E-state index contributed by atoms with van der Waals surface area (Å²) < 4.78 is 12.1. The molecule has 38 heavy (non-hydrogen) atoms. The van der Waals surface area contributed by atoms with Crippen LogP contribution in [0.15, 0.2) is 66.9 Å². The first-order valence-electron chi connectivity index (χ1n) is 12.6. The number of fused-ring (bicyclic) bond motifs is 4. The van der Waals surface area contributed by atoms with E-state index in [4.69, 9.17) is 9.47 Å². The Hall–Kier alpha value is -4.79. The van der Waals surface area contributed by atoms with Crippen molar-refractivity contribution in [3.05, 3.63) is 83.2 Å². The minimum atomic E-state index is -0.561. The van der Waals surface area contributed by atoms with Gasteiger partial charge in [0, 0.05) is 23.1 Å². The number of carbonyl (C=O) groups is 1. The number of aromatic amines is 1. The van der Waals surface area contributed by atoms with Crippen LogP contribution in [0.4, 0.5) is 17.2 Å². The molecule has 1 aliphatic heterocycles. The fourth-order valence-electron chi connectivity index (χ4n) is 5.76. The minimum absolute atomic E-state index is 0.0389. The lowest BCUT2D eigenvalue weighted by Gasteiger charge is -2.13. The number of carbonyl (C=O) groups excluding carboxylic acids is 1. The molecule has 3 N–H and O–H groups in total. The second-order valence-electron chi connectivity index (χ2n) is 9.77. The zero-order valence-electron chi connectivity index (χ0n) is 20.9. The van der Waals surface area contributed by atoms with Gasteiger partial charge in [-0.15, -0.1) is 0 Å². The fraction of sp³-hybridized carbons (Fsp3) is 0.207. The van der Waals surface area contributed by atoms with Crippen LogP contribution in [0.2, 0.25) is 0 Å². The zero-order valence-corrected chi connectivity index (χ0v) is 20.9. The number of nitrogens with zero attached hydrogens (tertiary/aromatic N) is 2. The Morgan fingerprint density at radius 3 is 2.92 bits per heavy atom. The van der Waals surface area contributed by atoms with Crippen molar-refractivity contribution in [3.8, 4) is 11.5 Å². The number of amides is 1. The number of methoxy groups -OCH3 is 1. The molecule has 9 heteroatoms. The van der Waals surface area contributed by atoms with Crippen molar-refractivity contribution in [2.45, 2.75) is 24.7 Å². The zero-order chi connectivity index (χ0) is 26.0. The molecule has 5 aromatic rings. The van der Waals surface area contributed by atoms with Gasteiger partial charge in [0.05, 0.1) is 41.8 Å². The average Bonchev–Trinajstić information content (AvgIpc) is 3.48. The highest BCUT2D eigenvalue weighted by Gasteiger charge is 2.65. The molecule has 2 aliphatic rings. The molecule has 1 aliphatic carbocycles. The molecule has 0 unspecified atom stereocenters. The monoisotopic (exact) mass is 507 g/mol. The van der Waals surface area contributed by atoms with Crippen LogP contribution in [-0.2, 0) is 10.2 Å². The van der Waals surface area contributed by atoms with Crippen molar-refractivity contribution in [2.24, 2.45) is 0 Å². The van der Waals surface area contributed by atoms with Crippen LogP contribution in [0.5, 0.6) is 11.5 Å². The van der Waals surface area contributed by atoms with Crippen molar-refractivity contribution in [1.29, 1.82) is 0 Å². The summed E-state index contributed by atoms with van der Waals surface area (Å²) in [4.78, 5) is 13.1. The van der Waals surface area contributed by atoms with Gasteiger partial charge in [0.1, 0.15) is 11.5 Å². The van der Waals surface area contributed by atoms with E-state index in [1.54, 1.807) is 19.2 Å². The van der Waals surface area contributed by atoms with Crippen LogP contribution in [-0.4, -0.2) is 29.8 Å². The van der Waals surface area contributed by atoms with Crippen LogP contribution in [0.1, 0.15) is 30.4 Å². The highest BCUT2D eigenvalue weighted by Crippen LogP contribution is 2.65. The van der Waals surface area contributed by atoms with Gasteiger partial charge in [0.15, 0.2) is 12.0 Å². The van der Waals surface area contributed by atoms with E-state index in [2.05, 4.69) is 33.0 Å². The number of hydrogen-bond donors (Lipinski definition) is 3. The molecule has 2 aromatic heterocycles. The quantitative estimate of drug-likeness (QED) is 0.223. The summed E-state index contributed by atoms with van der Waals surface area (Å²) in [5, 5.41) is 28.0. The van der Waals surface area contributed by atoms with Crippen molar-refractivity contribution >= 4 is 44.9 Å². The minimum Gasteiger partial charge on any atom is -0.618 e. The van der Waals surface area contributed by atoms with Gasteiger partial charge in [-0.05, 0) is 66.9 Å². The standard InChI is InChI=1S/C29H25N5O4/c1-3-38-26-14-25-17(5-4-10-34(25)36)12-24(26)30-27-19-8-6-16(11-23(19)32-33-27)21-15-29(21)20-13-18(37-2)7-9-22(20)31-28(29)35/h4-14,21H,3,15H2,1-2H3,(H,31,35)(H2,30,32,33)/t21-,29-/m0/s1. The number of aromatic nitrogens is 3. The molecule has 1 amide bonds. The van der Waals surface area contributed by atoms with Gasteiger partial charge >= 0.3 is 0 Å². The van der Waals surface area contributed by atoms with Crippen molar-refractivity contribution in [1.82, 2.24) is 10.2 Å². The molecule has 2 atom stereocenters. The summed E-state index contributed by atoms with van der Waals surface area (Å²) in [6.07, 6.45) is 2.22. The lowest BCUT2D eigenvalue weighted by Crippen LogP contribution is -2.25. The molecule has 1 fully saturated rings. The molecule has 1 saturated carbocycles. The molecule has 9 nitrogen and oxygen atoms in total. The summed E-state index contributed by atoms with van der Waals surface area (Å²) in [6, 6.07) is 19.1. The van der Waals surface area contributed by atoms with Crippen molar-refractivity contribution in [2.75, 3.05) is 24.4 Å². The Labute approximate surface area is 218 Å². The summed E-state index contributed by atoms with van der Waals surface area (Å²) in [6.45, 7) is 2.36. The van der Waals surface area contributed by atoms with Crippen LogP contribution in [0.3, 0.4) is 0 Å². The third kappa shape index (κ3) is 3.21. The Morgan fingerprint density at radius 1 is 1.18 bits per heavy atom. The third-order valence-corrected chi connectivity index (χ3v) is 7.73. The van der Waals surface area contributed by atoms with Crippen LogP contribution in [0, 0.1) is 5.21 Å². The van der Waals surface area contributed by atoms with Gasteiger partial charge in [-0.25, -0.2) is 0 Å². The predicted octanol–water partition coefficient (Wildman–Crippen LogP) is 4.88. The summed E-state index contributed by atoms with van der Waals surface area (Å²) in [5.41, 5.74) is 4.50. The number of rotatable bonds is 6. The molecule has 0 saturated heterocycles. The molecule has 7 rings (SSSR count). The van der Waals surface area contributed by atoms with E-state index >= 15 is 0 Å². The molecule has 190 valence electrons. The Kier molecular flexibility index (Phi) is 4.78. The summed E-state index contributed by atoms with van der Waals surface area (Å²) in [7, 11) is 1.63. The smallest absolute Gasteiger partial charge is 0.235 e. The summed E-state index contributed by atoms with van der Waals surface area (Å²) >= 11 is 0. The number of anilines is 3. The second-order valence-corrected chi connectivity index (χ2v) is 9.77. The normalized spacial score (nSPS) is 19.5. The van der Waals surface area contributed by atoms with Gasteiger partial charge in [0.2, 0.25) is 11.4 Å². The van der Waals surface area contributed by atoms with Crippen LogP contribution < -0.4 is 24.8 Å². The van der Waals surface area contributed by atoms with Gasteiger partial charge < -0.3 is 25.3 Å². The molecule has 0 bridgehead atoms. The maximum Gasteiger partial charge on any atom is 0.235 e. The number of pyridine rings is 1. The SMILES string of the molecule is CCOc1cc2c(ccc[n+]2[O-])cc1Nc1n[nH]c2cc([C@@H]3C[C@@]34C(=O)Nc3ccc(OC)cc34)ccc12. The highest BCUT2D eigenvalue weighted by atomic mass is 16.5. The molecular formula is C29H25N5O4. The van der Waals surface area contributed by atoms with Crippen molar-refractivity contribution < 1.29 is 19.0 Å². The maximum atomic E-state index is 13.1. The van der Waals surface area contributed by atoms with Gasteiger partial charge in [-0.2, -0.15) is 9.83 Å². The predicted molar refractivity (Wildman–Crippen MR) is 144 cm³/mol. The summed E-state index contributed by atoms with van der Waals surface area (Å²) in [5.74, 6) is 2.08. The first kappa shape index (κ1) is 22.4. The van der Waals surface area contributed by atoms with E-state index in [1.165, 1.54) is 6.20 Å². The Bertz CT molecular complexity index is 1760. The average molecular weight is 508 g/mol. The Balaban J connectivity index is 1.22. The lowest BCUT2D eigenvalue weighted by molar-refractivity contribution is -0.577. The number of ether oxygens (including phenoxy) is 2. The van der Waals surface area contributed by atoms with E-state index in [9.17, 15) is 10.0 Å². The molecule has 1 spiro atoms. The number of nitrogens with one attached hydrogen (secondary N) is 3. The van der Waals surface area contributed by atoms with E-state index in [0.29, 0.717) is 23.7 Å². The first-order valence-corrected chi connectivity index (χ1v) is 12.6. The highest BCUT2D eigenvalue weighted by molar-refractivity contribution is 6.10. The molecule has 3 heterocycles. The van der Waals surface area contributed by atoms with E-state index in [-0.39, 0.29) is 11.8 Å². The topological polar surface area (TPSA) is 115 Å². The van der Waals surface area contributed by atoms with E-state index in [0.717, 1.165) is 55.7 Å². The lowest BCUT2D eigenvalue weighted by atomic mass is 9.91. The van der Waals surface area contributed by atoms with Gasteiger partial charge in [-0.3, -0.25) is 9.89 Å². The number of hydrogen-bond acceptors (Lipinski definition) is 6.